The third-order valence-electron chi connectivity index (χ3n) is 3.35. The van der Waals surface area contributed by atoms with Crippen molar-refractivity contribution in [2.75, 3.05) is 12.1 Å². The number of esters is 1. The Hall–Kier alpha value is -2.54. The summed E-state index contributed by atoms with van der Waals surface area (Å²) in [5, 5.41) is 2.68. The van der Waals surface area contributed by atoms with Gasteiger partial charge in [0.2, 0.25) is 6.79 Å². The Balaban J connectivity index is 1.61. The molecule has 1 aliphatic rings. The van der Waals surface area contributed by atoms with E-state index in [1.165, 1.54) is 6.92 Å². The fraction of sp³-hybridized carbons (Fsp3) is 0.176. The van der Waals surface area contributed by atoms with Gasteiger partial charge in [-0.1, -0.05) is 22.0 Å². The minimum atomic E-state index is -0.943. The van der Waals surface area contributed by atoms with Crippen LogP contribution in [0.3, 0.4) is 0 Å². The molecule has 2 aromatic carbocycles. The second-order valence-electron chi connectivity index (χ2n) is 5.12. The molecule has 24 heavy (non-hydrogen) atoms. The average Bonchev–Trinajstić information content (AvgIpc) is 3.02. The molecule has 2 aromatic rings. The first kappa shape index (κ1) is 16.3. The monoisotopic (exact) mass is 391 g/mol. The summed E-state index contributed by atoms with van der Waals surface area (Å²) in [6, 6.07) is 11.8. The molecule has 124 valence electrons. The summed E-state index contributed by atoms with van der Waals surface area (Å²) in [5.74, 6) is 0.190. The zero-order chi connectivity index (χ0) is 17.1. The van der Waals surface area contributed by atoms with Crippen LogP contribution < -0.4 is 14.8 Å². The van der Waals surface area contributed by atoms with Gasteiger partial charge in [0, 0.05) is 16.2 Å². The van der Waals surface area contributed by atoms with Crippen LogP contribution in [0.1, 0.15) is 17.3 Å². The third kappa shape index (κ3) is 3.68. The van der Waals surface area contributed by atoms with Crippen molar-refractivity contribution in [1.29, 1.82) is 0 Å². The highest BCUT2D eigenvalue weighted by molar-refractivity contribution is 9.10. The van der Waals surface area contributed by atoms with Gasteiger partial charge in [-0.3, -0.25) is 4.79 Å². The zero-order valence-electron chi connectivity index (χ0n) is 12.7. The van der Waals surface area contributed by atoms with Gasteiger partial charge in [-0.25, -0.2) is 4.79 Å². The van der Waals surface area contributed by atoms with Crippen molar-refractivity contribution in [2.24, 2.45) is 0 Å². The second-order valence-corrected chi connectivity index (χ2v) is 6.03. The first-order valence-electron chi connectivity index (χ1n) is 7.20. The molecule has 0 aromatic heterocycles. The largest absolute Gasteiger partial charge is 0.454 e. The minimum Gasteiger partial charge on any atom is -0.454 e. The number of ether oxygens (including phenoxy) is 3. The maximum atomic E-state index is 12.2. The molecule has 1 heterocycles. The van der Waals surface area contributed by atoms with E-state index in [-0.39, 0.29) is 6.79 Å². The highest BCUT2D eigenvalue weighted by Gasteiger charge is 2.20. The lowest BCUT2D eigenvalue weighted by Gasteiger charge is -2.14. The number of carbonyl (C=O) groups excluding carboxylic acids is 2. The lowest BCUT2D eigenvalue weighted by atomic mass is 10.2. The van der Waals surface area contributed by atoms with E-state index in [0.29, 0.717) is 22.7 Å². The molecule has 0 fully saturated rings. The van der Waals surface area contributed by atoms with Crippen LogP contribution in [0.4, 0.5) is 5.69 Å². The van der Waals surface area contributed by atoms with E-state index in [1.54, 1.807) is 42.5 Å². The van der Waals surface area contributed by atoms with Crippen LogP contribution in [0.15, 0.2) is 46.9 Å². The Morgan fingerprint density at radius 3 is 2.75 bits per heavy atom. The molecule has 0 radical (unpaired) electrons. The number of nitrogens with one attached hydrogen (secondary N) is 1. The SMILES string of the molecule is C[C@@H](OC(=O)c1cccc(Br)c1)C(=O)Nc1ccc2c(c1)OCO2. The third-order valence-corrected chi connectivity index (χ3v) is 3.85. The van der Waals surface area contributed by atoms with Gasteiger partial charge in [-0.15, -0.1) is 0 Å². The number of benzene rings is 2. The predicted octanol–water partition coefficient (Wildman–Crippen LogP) is 3.36. The standard InChI is InChI=1S/C17H14BrNO5/c1-10(24-17(21)11-3-2-4-12(18)7-11)16(20)19-13-5-6-14-15(8-13)23-9-22-14/h2-8,10H,9H2,1H3,(H,19,20)/t10-/m1/s1. The fourth-order valence-corrected chi connectivity index (χ4v) is 2.51. The van der Waals surface area contributed by atoms with Crippen molar-refractivity contribution in [3.8, 4) is 11.5 Å². The molecule has 3 rings (SSSR count). The van der Waals surface area contributed by atoms with Gasteiger partial charge in [-0.2, -0.15) is 0 Å². The van der Waals surface area contributed by atoms with Crippen molar-refractivity contribution in [3.63, 3.8) is 0 Å². The van der Waals surface area contributed by atoms with E-state index >= 15 is 0 Å². The van der Waals surface area contributed by atoms with Crippen LogP contribution in [0, 0.1) is 0 Å². The summed E-state index contributed by atoms with van der Waals surface area (Å²) in [5.41, 5.74) is 0.904. The number of carbonyl (C=O) groups is 2. The van der Waals surface area contributed by atoms with Gasteiger partial charge in [0.15, 0.2) is 17.6 Å². The Morgan fingerprint density at radius 1 is 1.17 bits per heavy atom. The molecule has 0 saturated carbocycles. The molecule has 7 heteroatoms. The van der Waals surface area contributed by atoms with Gasteiger partial charge in [0.1, 0.15) is 0 Å². The molecule has 0 saturated heterocycles. The molecule has 0 aliphatic carbocycles. The van der Waals surface area contributed by atoms with Gasteiger partial charge in [0.25, 0.3) is 5.91 Å². The topological polar surface area (TPSA) is 73.9 Å². The number of rotatable bonds is 4. The quantitative estimate of drug-likeness (QED) is 0.808. The van der Waals surface area contributed by atoms with Gasteiger partial charge < -0.3 is 19.5 Å². The summed E-state index contributed by atoms with van der Waals surface area (Å²) >= 11 is 3.29. The Bertz CT molecular complexity index is 792. The first-order valence-corrected chi connectivity index (χ1v) is 7.99. The number of anilines is 1. The van der Waals surface area contributed by atoms with E-state index < -0.39 is 18.0 Å². The van der Waals surface area contributed by atoms with E-state index in [2.05, 4.69) is 21.2 Å². The summed E-state index contributed by atoms with van der Waals surface area (Å²) in [6.45, 7) is 1.67. The van der Waals surface area contributed by atoms with Crippen LogP contribution in [0.2, 0.25) is 0 Å². The summed E-state index contributed by atoms with van der Waals surface area (Å²) in [7, 11) is 0. The lowest BCUT2D eigenvalue weighted by molar-refractivity contribution is -0.123. The molecule has 6 nitrogen and oxygen atoms in total. The highest BCUT2D eigenvalue weighted by Crippen LogP contribution is 2.34. The fourth-order valence-electron chi connectivity index (χ4n) is 2.12. The second kappa shape index (κ2) is 6.92. The number of fused-ring (bicyclic) bond motifs is 1. The van der Waals surface area contributed by atoms with Gasteiger partial charge in [0.05, 0.1) is 5.56 Å². The number of hydrogen-bond acceptors (Lipinski definition) is 5. The molecule has 1 N–H and O–H groups in total. The molecule has 0 bridgehead atoms. The van der Waals surface area contributed by atoms with E-state index in [9.17, 15) is 9.59 Å². The van der Waals surface area contributed by atoms with Gasteiger partial charge >= 0.3 is 5.97 Å². The normalized spacial score (nSPS) is 13.2. The summed E-state index contributed by atoms with van der Waals surface area (Å²) in [6.07, 6.45) is -0.943. The van der Waals surface area contributed by atoms with Crippen LogP contribution in [-0.2, 0) is 9.53 Å². The Kier molecular flexibility index (Phi) is 4.71. The Morgan fingerprint density at radius 2 is 1.96 bits per heavy atom. The molecule has 1 amide bonds. The van der Waals surface area contributed by atoms with Crippen molar-refractivity contribution in [2.45, 2.75) is 13.0 Å². The lowest BCUT2D eigenvalue weighted by Crippen LogP contribution is -2.30. The van der Waals surface area contributed by atoms with Crippen molar-refractivity contribution in [1.82, 2.24) is 0 Å². The van der Waals surface area contributed by atoms with Crippen LogP contribution >= 0.6 is 15.9 Å². The van der Waals surface area contributed by atoms with Crippen molar-refractivity contribution in [3.05, 3.63) is 52.5 Å². The molecular weight excluding hydrogens is 378 g/mol. The maximum Gasteiger partial charge on any atom is 0.338 e. The van der Waals surface area contributed by atoms with Crippen LogP contribution in [0.5, 0.6) is 11.5 Å². The molecular formula is C17H14BrNO5. The predicted molar refractivity (Wildman–Crippen MR) is 90.2 cm³/mol. The zero-order valence-corrected chi connectivity index (χ0v) is 14.3. The van der Waals surface area contributed by atoms with E-state index in [0.717, 1.165) is 4.47 Å². The summed E-state index contributed by atoms with van der Waals surface area (Å²) < 4.78 is 16.4. The number of hydrogen-bond donors (Lipinski definition) is 1. The van der Waals surface area contributed by atoms with Crippen molar-refractivity contribution < 1.29 is 23.8 Å². The number of halogens is 1. The molecule has 0 unspecified atom stereocenters. The van der Waals surface area contributed by atoms with E-state index in [1.807, 2.05) is 0 Å². The van der Waals surface area contributed by atoms with Crippen molar-refractivity contribution >= 4 is 33.5 Å². The first-order chi connectivity index (χ1) is 11.5. The smallest absolute Gasteiger partial charge is 0.338 e. The maximum absolute atomic E-state index is 12.2. The van der Waals surface area contributed by atoms with E-state index in [4.69, 9.17) is 14.2 Å². The average molecular weight is 392 g/mol. The summed E-state index contributed by atoms with van der Waals surface area (Å²) in [4.78, 5) is 24.2. The Labute approximate surface area is 146 Å². The van der Waals surface area contributed by atoms with Gasteiger partial charge in [-0.05, 0) is 37.3 Å². The number of amides is 1. The molecule has 0 spiro atoms. The molecule has 1 atom stereocenters. The minimum absolute atomic E-state index is 0.160. The molecule has 1 aliphatic heterocycles. The highest BCUT2D eigenvalue weighted by atomic mass is 79.9. The van der Waals surface area contributed by atoms with Crippen LogP contribution in [0.25, 0.3) is 0 Å². The van der Waals surface area contributed by atoms with Crippen LogP contribution in [-0.4, -0.2) is 24.8 Å².